The summed E-state index contributed by atoms with van der Waals surface area (Å²) in [4.78, 5) is 13.4. The van der Waals surface area contributed by atoms with Crippen LogP contribution in [0, 0.1) is 5.41 Å². The summed E-state index contributed by atoms with van der Waals surface area (Å²) in [6.45, 7) is 0. The molecule has 0 spiro atoms. The minimum atomic E-state index is 0.0539. The highest BCUT2D eigenvalue weighted by Gasteiger charge is 2.14. The summed E-state index contributed by atoms with van der Waals surface area (Å²) in [5.41, 5.74) is 3.30. The minimum Gasteiger partial charge on any atom is -0.495 e. The molecule has 0 aliphatic carbocycles. The highest BCUT2D eigenvalue weighted by Crippen LogP contribution is 2.28. The molecule has 0 atom stereocenters. The SMILES string of the molecule is COc1ccccc1-n1c(-c2ccccc2)csc1=NC(=N)c1cnccn1. The largest absolute Gasteiger partial charge is 0.495 e. The first-order valence-electron chi connectivity index (χ1n) is 8.57. The first-order chi connectivity index (χ1) is 13.8. The van der Waals surface area contributed by atoms with Crippen LogP contribution in [0.3, 0.4) is 0 Å². The van der Waals surface area contributed by atoms with Crippen molar-refractivity contribution >= 4 is 17.2 Å². The van der Waals surface area contributed by atoms with Crippen LogP contribution in [0.5, 0.6) is 5.75 Å². The normalized spacial score (nSPS) is 11.4. The van der Waals surface area contributed by atoms with E-state index in [0.29, 0.717) is 10.5 Å². The molecule has 0 bridgehead atoms. The molecule has 28 heavy (non-hydrogen) atoms. The van der Waals surface area contributed by atoms with Gasteiger partial charge >= 0.3 is 0 Å². The number of thiazole rings is 1. The number of amidine groups is 1. The van der Waals surface area contributed by atoms with Crippen molar-refractivity contribution in [2.75, 3.05) is 7.11 Å². The van der Waals surface area contributed by atoms with Crippen LogP contribution in [-0.2, 0) is 0 Å². The highest BCUT2D eigenvalue weighted by atomic mass is 32.1. The Morgan fingerprint density at radius 2 is 1.86 bits per heavy atom. The Morgan fingerprint density at radius 3 is 2.61 bits per heavy atom. The van der Waals surface area contributed by atoms with Crippen molar-refractivity contribution < 1.29 is 4.74 Å². The van der Waals surface area contributed by atoms with Crippen LogP contribution >= 0.6 is 11.3 Å². The van der Waals surface area contributed by atoms with Gasteiger partial charge in [-0.15, -0.1) is 11.3 Å². The predicted octanol–water partition coefficient (Wildman–Crippen LogP) is 3.93. The fourth-order valence-electron chi connectivity index (χ4n) is 2.82. The van der Waals surface area contributed by atoms with Gasteiger partial charge in [0.25, 0.3) is 0 Å². The van der Waals surface area contributed by atoms with Gasteiger partial charge in [0.05, 0.1) is 24.7 Å². The smallest absolute Gasteiger partial charge is 0.196 e. The predicted molar refractivity (Wildman–Crippen MR) is 110 cm³/mol. The lowest BCUT2D eigenvalue weighted by atomic mass is 10.1. The van der Waals surface area contributed by atoms with Gasteiger partial charge in [0.15, 0.2) is 10.6 Å². The van der Waals surface area contributed by atoms with E-state index in [-0.39, 0.29) is 5.84 Å². The molecule has 0 aliphatic rings. The van der Waals surface area contributed by atoms with E-state index in [2.05, 4.69) is 15.0 Å². The van der Waals surface area contributed by atoms with Gasteiger partial charge in [0.1, 0.15) is 11.4 Å². The van der Waals surface area contributed by atoms with Crippen molar-refractivity contribution in [1.82, 2.24) is 14.5 Å². The number of para-hydroxylation sites is 2. The van der Waals surface area contributed by atoms with E-state index in [1.165, 1.54) is 17.5 Å². The van der Waals surface area contributed by atoms with Gasteiger partial charge in [-0.25, -0.2) is 4.98 Å². The Bertz CT molecular complexity index is 1170. The Hall–Kier alpha value is -3.58. The van der Waals surface area contributed by atoms with E-state index in [0.717, 1.165) is 22.7 Å². The molecule has 6 nitrogen and oxygen atoms in total. The average molecular weight is 387 g/mol. The minimum absolute atomic E-state index is 0.0539. The maximum atomic E-state index is 8.33. The molecule has 0 amide bonds. The van der Waals surface area contributed by atoms with Crippen LogP contribution < -0.4 is 9.54 Å². The first kappa shape index (κ1) is 17.8. The molecule has 0 saturated carbocycles. The summed E-state index contributed by atoms with van der Waals surface area (Å²) in [5, 5.41) is 10.4. The number of rotatable bonds is 4. The van der Waals surface area contributed by atoms with Gasteiger partial charge < -0.3 is 4.74 Å². The zero-order valence-electron chi connectivity index (χ0n) is 15.1. The van der Waals surface area contributed by atoms with Crippen LogP contribution in [0.1, 0.15) is 5.69 Å². The number of benzene rings is 2. The molecule has 4 rings (SSSR count). The van der Waals surface area contributed by atoms with Gasteiger partial charge in [-0.05, 0) is 17.7 Å². The number of hydrogen-bond acceptors (Lipinski definition) is 5. The molecule has 4 aromatic rings. The fraction of sp³-hybridized carbons (Fsp3) is 0.0476. The van der Waals surface area contributed by atoms with Crippen LogP contribution in [0.15, 0.2) is 83.6 Å². The Labute approximate surface area is 166 Å². The summed E-state index contributed by atoms with van der Waals surface area (Å²) >= 11 is 1.46. The Morgan fingerprint density at radius 1 is 1.07 bits per heavy atom. The van der Waals surface area contributed by atoms with E-state index in [1.807, 2.05) is 64.5 Å². The summed E-state index contributed by atoms with van der Waals surface area (Å²) in [6.07, 6.45) is 4.66. The Balaban J connectivity index is 1.94. The summed E-state index contributed by atoms with van der Waals surface area (Å²) in [7, 11) is 1.65. The number of nitrogens with one attached hydrogen (secondary N) is 1. The fourth-order valence-corrected chi connectivity index (χ4v) is 3.73. The van der Waals surface area contributed by atoms with Gasteiger partial charge in [-0.1, -0.05) is 42.5 Å². The monoisotopic (exact) mass is 387 g/mol. The molecule has 0 unspecified atom stereocenters. The van der Waals surface area contributed by atoms with Crippen molar-refractivity contribution in [1.29, 1.82) is 5.41 Å². The third-order valence-corrected chi connectivity index (χ3v) is 4.94. The number of aromatic nitrogens is 3. The molecule has 138 valence electrons. The zero-order valence-corrected chi connectivity index (χ0v) is 15.9. The maximum Gasteiger partial charge on any atom is 0.196 e. The highest BCUT2D eigenvalue weighted by molar-refractivity contribution is 7.07. The van der Waals surface area contributed by atoms with Crippen molar-refractivity contribution in [2.24, 2.45) is 4.99 Å². The Kier molecular flexibility index (Phi) is 5.07. The lowest BCUT2D eigenvalue weighted by Gasteiger charge is -2.13. The molecule has 0 radical (unpaired) electrons. The number of methoxy groups -OCH3 is 1. The van der Waals surface area contributed by atoms with Crippen LogP contribution in [-0.4, -0.2) is 27.5 Å². The molecular weight excluding hydrogens is 370 g/mol. The van der Waals surface area contributed by atoms with Gasteiger partial charge in [-0.2, -0.15) is 4.99 Å². The van der Waals surface area contributed by atoms with E-state index in [4.69, 9.17) is 10.1 Å². The van der Waals surface area contributed by atoms with E-state index >= 15 is 0 Å². The quantitative estimate of drug-likeness (QED) is 0.426. The molecule has 2 aromatic carbocycles. The molecule has 2 heterocycles. The van der Waals surface area contributed by atoms with Gasteiger partial charge in [0, 0.05) is 17.8 Å². The molecule has 7 heteroatoms. The van der Waals surface area contributed by atoms with E-state index < -0.39 is 0 Å². The third-order valence-electron chi connectivity index (χ3n) is 4.12. The van der Waals surface area contributed by atoms with Crippen molar-refractivity contribution in [2.45, 2.75) is 0 Å². The van der Waals surface area contributed by atoms with Gasteiger partial charge in [0.2, 0.25) is 0 Å². The van der Waals surface area contributed by atoms with E-state index in [9.17, 15) is 0 Å². The molecule has 0 fully saturated rings. The second-order valence-corrected chi connectivity index (χ2v) is 6.66. The van der Waals surface area contributed by atoms with Crippen LogP contribution in [0.25, 0.3) is 16.9 Å². The lowest BCUT2D eigenvalue weighted by molar-refractivity contribution is 0.413. The lowest BCUT2D eigenvalue weighted by Crippen LogP contribution is -2.17. The van der Waals surface area contributed by atoms with Crippen molar-refractivity contribution in [3.63, 3.8) is 0 Å². The second kappa shape index (κ2) is 7.98. The zero-order chi connectivity index (χ0) is 19.3. The molecule has 1 N–H and O–H groups in total. The molecule has 0 saturated heterocycles. The summed E-state index contributed by atoms with van der Waals surface area (Å²) < 4.78 is 7.57. The molecule has 0 aliphatic heterocycles. The maximum absolute atomic E-state index is 8.33. The van der Waals surface area contributed by atoms with Gasteiger partial charge in [-0.3, -0.25) is 15.0 Å². The number of hydrogen-bond donors (Lipinski definition) is 1. The number of ether oxygens (including phenoxy) is 1. The molecule has 2 aromatic heterocycles. The first-order valence-corrected chi connectivity index (χ1v) is 9.45. The van der Waals surface area contributed by atoms with Crippen LogP contribution in [0.2, 0.25) is 0 Å². The number of nitrogens with zero attached hydrogens (tertiary/aromatic N) is 4. The standard InChI is InChI=1S/C21H17N5OS/c1-27-19-10-6-5-9-17(19)26-18(15-7-3-2-4-8-15)14-28-21(26)25-20(22)16-13-23-11-12-24-16/h2-14,22H,1H3. The topological polar surface area (TPSA) is 76.2 Å². The van der Waals surface area contributed by atoms with Crippen molar-refractivity contribution in [3.8, 4) is 22.7 Å². The van der Waals surface area contributed by atoms with Crippen molar-refractivity contribution in [3.05, 3.63) is 89.1 Å². The summed E-state index contributed by atoms with van der Waals surface area (Å²) in [6, 6.07) is 17.8. The third kappa shape index (κ3) is 3.47. The van der Waals surface area contributed by atoms with Crippen LogP contribution in [0.4, 0.5) is 0 Å². The average Bonchev–Trinajstić information content (AvgIpc) is 3.18. The second-order valence-electron chi connectivity index (χ2n) is 5.83. The van der Waals surface area contributed by atoms with E-state index in [1.54, 1.807) is 19.5 Å². The summed E-state index contributed by atoms with van der Waals surface area (Å²) in [5.74, 6) is 0.781. The molecular formula is C21H17N5OS.